The molecule has 1 aliphatic rings. The summed E-state index contributed by atoms with van der Waals surface area (Å²) >= 11 is 0. The maximum Gasteiger partial charge on any atom is 0.241 e. The molecule has 0 spiro atoms. The minimum absolute atomic E-state index is 0.0237. The van der Waals surface area contributed by atoms with Crippen molar-refractivity contribution in [3.8, 4) is 0 Å². The highest BCUT2D eigenvalue weighted by Crippen LogP contribution is 2.11. The lowest BCUT2D eigenvalue weighted by Crippen LogP contribution is -2.35. The van der Waals surface area contributed by atoms with Gasteiger partial charge in [-0.3, -0.25) is 4.79 Å². The van der Waals surface area contributed by atoms with E-state index >= 15 is 0 Å². The number of carbonyl (C=O) groups excluding carboxylic acids is 1. The van der Waals surface area contributed by atoms with Gasteiger partial charge in [0.15, 0.2) is 0 Å². The largest absolute Gasteiger partial charge is 0.325 e. The van der Waals surface area contributed by atoms with Gasteiger partial charge in [0, 0.05) is 5.69 Å². The highest BCUT2D eigenvalue weighted by Gasteiger charge is 2.21. The summed E-state index contributed by atoms with van der Waals surface area (Å²) in [6.45, 7) is 4.73. The molecule has 0 aliphatic carbocycles. The third kappa shape index (κ3) is 2.57. The molecule has 1 aromatic rings. The van der Waals surface area contributed by atoms with Gasteiger partial charge in [0.05, 0.1) is 6.04 Å². The van der Waals surface area contributed by atoms with Gasteiger partial charge >= 0.3 is 0 Å². The van der Waals surface area contributed by atoms with E-state index in [4.69, 9.17) is 0 Å². The van der Waals surface area contributed by atoms with E-state index in [1.54, 1.807) is 0 Å². The second kappa shape index (κ2) is 4.45. The van der Waals surface area contributed by atoms with Crippen LogP contribution in [0.15, 0.2) is 24.3 Å². The first-order valence-corrected chi connectivity index (χ1v) is 5.22. The van der Waals surface area contributed by atoms with E-state index < -0.39 is 0 Å². The second-order valence-electron chi connectivity index (χ2n) is 3.84. The van der Waals surface area contributed by atoms with Crippen molar-refractivity contribution < 1.29 is 4.79 Å². The molecule has 1 aromatic carbocycles. The van der Waals surface area contributed by atoms with Crippen LogP contribution in [-0.2, 0) is 4.79 Å². The number of benzene rings is 1. The summed E-state index contributed by atoms with van der Waals surface area (Å²) in [6.07, 6.45) is 2.01. The molecular weight excluding hydrogens is 188 g/mol. The Morgan fingerprint density at radius 3 is 2.73 bits per heavy atom. The number of amides is 1. The fourth-order valence-electron chi connectivity index (χ4n) is 1.73. The van der Waals surface area contributed by atoms with E-state index in [0.29, 0.717) is 0 Å². The zero-order valence-electron chi connectivity index (χ0n) is 8.62. The quantitative estimate of drug-likeness (QED) is 0.766. The fourth-order valence-corrected chi connectivity index (χ4v) is 1.73. The van der Waals surface area contributed by atoms with Crippen molar-refractivity contribution >= 4 is 11.6 Å². The Labute approximate surface area is 89.9 Å². The number of carbonyl (C=O) groups is 1. The summed E-state index contributed by atoms with van der Waals surface area (Å²) < 4.78 is 0. The van der Waals surface area contributed by atoms with Gasteiger partial charge in [-0.15, -0.1) is 0 Å². The van der Waals surface area contributed by atoms with E-state index in [9.17, 15) is 4.79 Å². The van der Waals surface area contributed by atoms with Gasteiger partial charge < -0.3 is 10.6 Å². The molecule has 1 amide bonds. The number of hydrogen-bond acceptors (Lipinski definition) is 2. The summed E-state index contributed by atoms with van der Waals surface area (Å²) in [6, 6.07) is 7.49. The van der Waals surface area contributed by atoms with Crippen molar-refractivity contribution in [3.63, 3.8) is 0 Å². The lowest BCUT2D eigenvalue weighted by atomic mass is 10.2. The third-order valence-corrected chi connectivity index (χ3v) is 2.60. The zero-order valence-corrected chi connectivity index (χ0v) is 8.62. The molecule has 79 valence electrons. The van der Waals surface area contributed by atoms with Crippen LogP contribution in [0.4, 0.5) is 5.69 Å². The van der Waals surface area contributed by atoms with Crippen LogP contribution < -0.4 is 10.6 Å². The topological polar surface area (TPSA) is 41.1 Å². The molecule has 1 heterocycles. The van der Waals surface area contributed by atoms with Crippen molar-refractivity contribution in [2.24, 2.45) is 0 Å². The van der Waals surface area contributed by atoms with E-state index in [1.807, 2.05) is 24.3 Å². The molecule has 1 saturated heterocycles. The van der Waals surface area contributed by atoms with Crippen molar-refractivity contribution in [1.82, 2.24) is 5.32 Å². The normalized spacial score (nSPS) is 20.2. The minimum Gasteiger partial charge on any atom is -0.325 e. The minimum atomic E-state index is -0.0237. The van der Waals surface area contributed by atoms with Gasteiger partial charge in [-0.2, -0.15) is 0 Å². The third-order valence-electron chi connectivity index (χ3n) is 2.60. The maximum atomic E-state index is 11.7. The lowest BCUT2D eigenvalue weighted by Gasteiger charge is -2.10. The molecule has 0 bridgehead atoms. The number of rotatable bonds is 2. The molecule has 3 nitrogen and oxygen atoms in total. The molecule has 0 aromatic heterocycles. The summed E-state index contributed by atoms with van der Waals surface area (Å²) in [5.41, 5.74) is 1.79. The Morgan fingerprint density at radius 2 is 2.13 bits per heavy atom. The Hall–Kier alpha value is -1.35. The Kier molecular flexibility index (Phi) is 3.02. The van der Waals surface area contributed by atoms with Crippen LogP contribution in [0.5, 0.6) is 0 Å². The molecular formula is C12H15N2O. The Bertz CT molecular complexity index is 339. The standard InChI is InChI=1S/C12H15N2O/c1-9-4-6-10(7-5-9)14-12(15)11-3-2-8-13-11/h4-7,11,13H,1-3,8H2,(H,14,15)/t11-/m0/s1. The maximum absolute atomic E-state index is 11.7. The van der Waals surface area contributed by atoms with Crippen LogP contribution in [0, 0.1) is 6.92 Å². The van der Waals surface area contributed by atoms with Crippen molar-refractivity contribution in [1.29, 1.82) is 0 Å². The number of hydrogen-bond donors (Lipinski definition) is 2. The van der Waals surface area contributed by atoms with Crippen LogP contribution in [0.1, 0.15) is 18.4 Å². The van der Waals surface area contributed by atoms with Crippen LogP contribution in [-0.4, -0.2) is 18.5 Å². The van der Waals surface area contributed by atoms with Crippen molar-refractivity contribution in [2.75, 3.05) is 11.9 Å². The van der Waals surface area contributed by atoms with Crippen molar-refractivity contribution in [3.05, 3.63) is 36.8 Å². The summed E-state index contributed by atoms with van der Waals surface area (Å²) in [7, 11) is 0. The predicted octanol–water partition coefficient (Wildman–Crippen LogP) is 1.56. The van der Waals surface area contributed by atoms with Gasteiger partial charge in [0.25, 0.3) is 0 Å². The fraction of sp³-hybridized carbons (Fsp3) is 0.333. The smallest absolute Gasteiger partial charge is 0.241 e. The summed E-state index contributed by atoms with van der Waals surface area (Å²) in [5, 5.41) is 6.05. The Morgan fingerprint density at radius 1 is 1.40 bits per heavy atom. The average molecular weight is 203 g/mol. The average Bonchev–Trinajstić information content (AvgIpc) is 2.74. The van der Waals surface area contributed by atoms with Crippen molar-refractivity contribution in [2.45, 2.75) is 18.9 Å². The van der Waals surface area contributed by atoms with E-state index in [0.717, 1.165) is 30.6 Å². The summed E-state index contributed by atoms with van der Waals surface area (Å²) in [5.74, 6) is 0.0595. The zero-order chi connectivity index (χ0) is 10.7. The van der Waals surface area contributed by atoms with Gasteiger partial charge in [-0.05, 0) is 44.0 Å². The highest BCUT2D eigenvalue weighted by molar-refractivity contribution is 5.95. The van der Waals surface area contributed by atoms with Crippen LogP contribution in [0.25, 0.3) is 0 Å². The van der Waals surface area contributed by atoms with Gasteiger partial charge in [0.2, 0.25) is 5.91 Å². The lowest BCUT2D eigenvalue weighted by molar-refractivity contribution is -0.117. The van der Waals surface area contributed by atoms with E-state index in [1.165, 1.54) is 0 Å². The molecule has 1 aliphatic heterocycles. The molecule has 2 N–H and O–H groups in total. The highest BCUT2D eigenvalue weighted by atomic mass is 16.2. The second-order valence-corrected chi connectivity index (χ2v) is 3.84. The van der Waals surface area contributed by atoms with E-state index in [2.05, 4.69) is 17.6 Å². The van der Waals surface area contributed by atoms with Gasteiger partial charge in [-0.25, -0.2) is 0 Å². The van der Waals surface area contributed by atoms with Crippen LogP contribution >= 0.6 is 0 Å². The number of nitrogens with one attached hydrogen (secondary N) is 2. The van der Waals surface area contributed by atoms with Gasteiger partial charge in [0.1, 0.15) is 0 Å². The molecule has 1 fully saturated rings. The number of anilines is 1. The van der Waals surface area contributed by atoms with Crippen LogP contribution in [0.2, 0.25) is 0 Å². The molecule has 0 unspecified atom stereocenters. The molecule has 2 rings (SSSR count). The van der Waals surface area contributed by atoms with E-state index in [-0.39, 0.29) is 11.9 Å². The summed E-state index contributed by atoms with van der Waals surface area (Å²) in [4.78, 5) is 11.7. The van der Waals surface area contributed by atoms with Gasteiger partial charge in [-0.1, -0.05) is 12.1 Å². The molecule has 3 heteroatoms. The SMILES string of the molecule is [CH2]c1ccc(NC(=O)[C@@H]2CCCN2)cc1. The Balaban J connectivity index is 1.96. The monoisotopic (exact) mass is 203 g/mol. The first kappa shape index (κ1) is 10.2. The first-order chi connectivity index (χ1) is 7.25. The molecule has 0 saturated carbocycles. The van der Waals surface area contributed by atoms with Crippen LogP contribution in [0.3, 0.4) is 0 Å². The first-order valence-electron chi connectivity index (χ1n) is 5.22. The molecule has 15 heavy (non-hydrogen) atoms. The predicted molar refractivity (Wildman–Crippen MR) is 60.6 cm³/mol. The molecule has 1 radical (unpaired) electrons. The molecule has 1 atom stereocenters.